The number of benzene rings is 7. The van der Waals surface area contributed by atoms with Gasteiger partial charge in [-0.2, -0.15) is 0 Å². The van der Waals surface area contributed by atoms with Crippen LogP contribution in [0.2, 0.25) is 5.02 Å². The van der Waals surface area contributed by atoms with Crippen LogP contribution in [0.5, 0.6) is 23.0 Å². The Balaban J connectivity index is 1.11. The van der Waals surface area contributed by atoms with Crippen LogP contribution in [0.1, 0.15) is 16.0 Å². The quantitative estimate of drug-likeness (QED) is 0.128. The van der Waals surface area contributed by atoms with Crippen LogP contribution in [0.25, 0.3) is 32.3 Å². The standard InChI is InChI=1S/C47H36ClNO3S/c48-39-24-26-41(27-25-39)52-47-42-28-43(50-31-33-16-20-37(21-17-33)35-10-4-1-5-11-35)44(29-45(42)53-46(47)30-49-40-14-8-3-9-15-40)51-32-34-18-22-38(23-19-34)36-12-6-2-7-13-36/h1-29,49H,30-32H2. The molecule has 1 aromatic heterocycles. The predicted octanol–water partition coefficient (Wildman–Crippen LogP) is 13.5. The minimum Gasteiger partial charge on any atom is -0.485 e. The maximum absolute atomic E-state index is 6.61. The number of hydrogen-bond acceptors (Lipinski definition) is 5. The average molecular weight is 730 g/mol. The second-order valence-electron chi connectivity index (χ2n) is 12.6. The zero-order chi connectivity index (χ0) is 35.8. The Morgan fingerprint density at radius 1 is 0.509 bits per heavy atom. The summed E-state index contributed by atoms with van der Waals surface area (Å²) in [4.78, 5) is 1.05. The Morgan fingerprint density at radius 3 is 1.55 bits per heavy atom. The number of hydrogen-bond donors (Lipinski definition) is 1. The molecule has 4 nitrogen and oxygen atoms in total. The van der Waals surface area contributed by atoms with Gasteiger partial charge in [-0.15, -0.1) is 11.3 Å². The topological polar surface area (TPSA) is 39.7 Å². The van der Waals surface area contributed by atoms with E-state index in [0.717, 1.165) is 43.1 Å². The first kappa shape index (κ1) is 34.1. The van der Waals surface area contributed by atoms with Crippen LogP contribution >= 0.6 is 22.9 Å². The molecule has 0 amide bonds. The minimum atomic E-state index is 0.378. The molecular formula is C47H36ClNO3S. The highest BCUT2D eigenvalue weighted by molar-refractivity contribution is 7.19. The van der Waals surface area contributed by atoms with Crippen molar-refractivity contribution >= 4 is 38.7 Å². The van der Waals surface area contributed by atoms with Gasteiger partial charge < -0.3 is 19.5 Å². The third-order valence-electron chi connectivity index (χ3n) is 8.95. The van der Waals surface area contributed by atoms with E-state index >= 15 is 0 Å². The van der Waals surface area contributed by atoms with E-state index < -0.39 is 0 Å². The number of halogens is 1. The summed E-state index contributed by atoms with van der Waals surface area (Å²) in [5.74, 6) is 2.80. The maximum atomic E-state index is 6.61. The highest BCUT2D eigenvalue weighted by atomic mass is 35.5. The van der Waals surface area contributed by atoms with Gasteiger partial charge in [-0.3, -0.25) is 0 Å². The molecule has 6 heteroatoms. The number of anilines is 1. The van der Waals surface area contributed by atoms with E-state index in [0.29, 0.717) is 42.0 Å². The van der Waals surface area contributed by atoms with Crippen molar-refractivity contribution in [3.05, 3.63) is 197 Å². The Hall–Kier alpha value is -6.01. The second-order valence-corrected chi connectivity index (χ2v) is 14.2. The Kier molecular flexibility index (Phi) is 10.4. The molecule has 1 N–H and O–H groups in total. The number of fused-ring (bicyclic) bond motifs is 1. The Labute approximate surface area is 318 Å². The first-order valence-electron chi connectivity index (χ1n) is 17.5. The van der Waals surface area contributed by atoms with E-state index in [2.05, 4.69) is 127 Å². The average Bonchev–Trinajstić information content (AvgIpc) is 3.55. The first-order valence-corrected chi connectivity index (χ1v) is 18.7. The maximum Gasteiger partial charge on any atom is 0.163 e. The number of nitrogens with one attached hydrogen (secondary N) is 1. The molecule has 260 valence electrons. The molecular weight excluding hydrogens is 694 g/mol. The Morgan fingerprint density at radius 2 is 1.00 bits per heavy atom. The number of ether oxygens (including phenoxy) is 3. The van der Waals surface area contributed by atoms with Gasteiger partial charge in [0.05, 0.1) is 11.4 Å². The summed E-state index contributed by atoms with van der Waals surface area (Å²) >= 11 is 7.89. The predicted molar refractivity (Wildman–Crippen MR) is 220 cm³/mol. The molecule has 1 heterocycles. The summed E-state index contributed by atoms with van der Waals surface area (Å²) < 4.78 is 20.8. The van der Waals surface area contributed by atoms with Crippen LogP contribution in [0, 0.1) is 0 Å². The van der Waals surface area contributed by atoms with Crippen molar-refractivity contribution in [1.82, 2.24) is 0 Å². The largest absolute Gasteiger partial charge is 0.485 e. The lowest BCUT2D eigenvalue weighted by atomic mass is 10.0. The van der Waals surface area contributed by atoms with Gasteiger partial charge in [0.2, 0.25) is 0 Å². The van der Waals surface area contributed by atoms with E-state index in [-0.39, 0.29) is 0 Å². The zero-order valence-corrected chi connectivity index (χ0v) is 30.4. The molecule has 8 rings (SSSR count). The third-order valence-corrected chi connectivity index (χ3v) is 10.3. The van der Waals surface area contributed by atoms with E-state index in [4.69, 9.17) is 25.8 Å². The van der Waals surface area contributed by atoms with Crippen LogP contribution in [0.4, 0.5) is 5.69 Å². The van der Waals surface area contributed by atoms with Crippen LogP contribution in [-0.4, -0.2) is 0 Å². The lowest BCUT2D eigenvalue weighted by molar-refractivity contribution is 0.256. The molecule has 7 aromatic carbocycles. The van der Waals surface area contributed by atoms with Gasteiger partial charge in [0, 0.05) is 26.9 Å². The SMILES string of the molecule is Clc1ccc(Oc2c(CNc3ccccc3)sc3cc(OCc4ccc(-c5ccccc5)cc4)c(OCc4ccc(-c5ccccc5)cc4)cc23)cc1. The zero-order valence-electron chi connectivity index (χ0n) is 28.9. The minimum absolute atomic E-state index is 0.378. The van der Waals surface area contributed by atoms with Crippen molar-refractivity contribution in [3.8, 4) is 45.3 Å². The summed E-state index contributed by atoms with van der Waals surface area (Å²) in [7, 11) is 0. The fourth-order valence-electron chi connectivity index (χ4n) is 6.12. The van der Waals surface area contributed by atoms with Gasteiger partial charge in [-0.25, -0.2) is 0 Å². The molecule has 0 radical (unpaired) electrons. The molecule has 0 unspecified atom stereocenters. The van der Waals surface area contributed by atoms with Gasteiger partial charge >= 0.3 is 0 Å². The number of rotatable bonds is 13. The molecule has 0 aliphatic heterocycles. The molecule has 0 bridgehead atoms. The summed E-state index contributed by atoms with van der Waals surface area (Å²) in [6.45, 7) is 1.35. The molecule has 0 aliphatic carbocycles. The van der Waals surface area contributed by atoms with Gasteiger partial charge in [0.25, 0.3) is 0 Å². The van der Waals surface area contributed by atoms with Gasteiger partial charge in [0.1, 0.15) is 19.0 Å². The van der Waals surface area contributed by atoms with Crippen molar-refractivity contribution in [1.29, 1.82) is 0 Å². The molecule has 0 fully saturated rings. The molecule has 0 spiro atoms. The fourth-order valence-corrected chi connectivity index (χ4v) is 7.32. The van der Waals surface area contributed by atoms with Gasteiger partial charge in [-0.1, -0.05) is 139 Å². The van der Waals surface area contributed by atoms with Crippen molar-refractivity contribution in [2.24, 2.45) is 0 Å². The van der Waals surface area contributed by atoms with Crippen LogP contribution in [-0.2, 0) is 19.8 Å². The van der Waals surface area contributed by atoms with Gasteiger partial charge in [-0.05, 0) is 75.8 Å². The lowest BCUT2D eigenvalue weighted by Crippen LogP contribution is -2.01. The van der Waals surface area contributed by atoms with Crippen molar-refractivity contribution in [2.45, 2.75) is 19.8 Å². The van der Waals surface area contributed by atoms with E-state index in [9.17, 15) is 0 Å². The smallest absolute Gasteiger partial charge is 0.163 e. The normalized spacial score (nSPS) is 11.0. The molecule has 53 heavy (non-hydrogen) atoms. The van der Waals surface area contributed by atoms with Crippen LogP contribution in [0.3, 0.4) is 0 Å². The van der Waals surface area contributed by atoms with Gasteiger partial charge in [0.15, 0.2) is 17.2 Å². The van der Waals surface area contributed by atoms with E-state index in [1.165, 1.54) is 16.7 Å². The first-order chi connectivity index (χ1) is 26.1. The molecule has 0 saturated carbocycles. The summed E-state index contributed by atoms with van der Waals surface area (Å²) in [5.41, 5.74) is 7.86. The van der Waals surface area contributed by atoms with Crippen LogP contribution < -0.4 is 19.5 Å². The molecule has 0 atom stereocenters. The lowest BCUT2D eigenvalue weighted by Gasteiger charge is -2.15. The van der Waals surface area contributed by atoms with Crippen molar-refractivity contribution in [3.63, 3.8) is 0 Å². The monoisotopic (exact) mass is 729 g/mol. The molecule has 8 aromatic rings. The Bertz CT molecular complexity index is 2400. The highest BCUT2D eigenvalue weighted by Crippen LogP contribution is 2.46. The van der Waals surface area contributed by atoms with Crippen molar-refractivity contribution < 1.29 is 14.2 Å². The van der Waals surface area contributed by atoms with E-state index in [1.807, 2.05) is 54.6 Å². The van der Waals surface area contributed by atoms with E-state index in [1.54, 1.807) is 11.3 Å². The second kappa shape index (κ2) is 16.1. The van der Waals surface area contributed by atoms with Crippen molar-refractivity contribution in [2.75, 3.05) is 5.32 Å². The highest BCUT2D eigenvalue weighted by Gasteiger charge is 2.20. The molecule has 0 saturated heterocycles. The number of thiophene rings is 1. The summed E-state index contributed by atoms with van der Waals surface area (Å²) in [5, 5.41) is 5.16. The third kappa shape index (κ3) is 8.39. The summed E-state index contributed by atoms with van der Waals surface area (Å²) in [6.07, 6.45) is 0. The number of para-hydroxylation sites is 1. The molecule has 0 aliphatic rings. The van der Waals surface area contributed by atoms with Crippen LogP contribution in [0.15, 0.2) is 176 Å². The summed E-state index contributed by atoms with van der Waals surface area (Å²) in [6, 6.07) is 59.5. The fraction of sp³-hybridized carbons (Fsp3) is 0.0638.